The maximum absolute atomic E-state index is 11.2. The van der Waals surface area contributed by atoms with E-state index in [1.165, 1.54) is 30.5 Å². The molecule has 4 rings (SSSR count). The number of aldehydes is 1. The highest BCUT2D eigenvalue weighted by Gasteiger charge is 2.36. The number of pyridine rings is 1. The first-order chi connectivity index (χ1) is 13.0. The van der Waals surface area contributed by atoms with Crippen LogP contribution >= 0.6 is 0 Å². The summed E-state index contributed by atoms with van der Waals surface area (Å²) in [6, 6.07) is 7.09. The monoisotopic (exact) mass is 367 g/mol. The largest absolute Gasteiger partial charge is 0.507 e. The SMILES string of the molecule is O=Cc1c(O)cccc1OC(O)(O)c1cccnc1-n1ccnc1C1CC1. The van der Waals surface area contributed by atoms with Crippen molar-refractivity contribution in [2.75, 3.05) is 0 Å². The van der Waals surface area contributed by atoms with E-state index in [4.69, 9.17) is 4.74 Å². The number of carbonyl (C=O) groups excluding carboxylic acids is 1. The van der Waals surface area contributed by atoms with E-state index in [9.17, 15) is 20.1 Å². The number of aliphatic hydroxyl groups is 2. The molecule has 0 spiro atoms. The van der Waals surface area contributed by atoms with Crippen molar-refractivity contribution < 1.29 is 24.9 Å². The van der Waals surface area contributed by atoms with Gasteiger partial charge in [-0.25, -0.2) is 9.97 Å². The van der Waals surface area contributed by atoms with Gasteiger partial charge >= 0.3 is 5.97 Å². The van der Waals surface area contributed by atoms with E-state index < -0.39 is 5.97 Å². The fourth-order valence-electron chi connectivity index (χ4n) is 2.93. The van der Waals surface area contributed by atoms with Gasteiger partial charge in [0.05, 0.1) is 11.1 Å². The normalized spacial score (nSPS) is 14.1. The molecule has 0 aliphatic heterocycles. The molecular formula is C19H17N3O5. The molecule has 138 valence electrons. The van der Waals surface area contributed by atoms with Crippen LogP contribution in [0.4, 0.5) is 0 Å². The Balaban J connectivity index is 1.76. The van der Waals surface area contributed by atoms with Gasteiger partial charge in [0.25, 0.3) is 0 Å². The van der Waals surface area contributed by atoms with Crippen molar-refractivity contribution in [2.45, 2.75) is 24.7 Å². The van der Waals surface area contributed by atoms with Crippen molar-refractivity contribution in [2.24, 2.45) is 0 Å². The number of phenolic OH excluding ortho intramolecular Hbond substituents is 1. The van der Waals surface area contributed by atoms with E-state index >= 15 is 0 Å². The van der Waals surface area contributed by atoms with Crippen LogP contribution in [-0.4, -0.2) is 36.1 Å². The number of imidazole rings is 1. The Kier molecular flexibility index (Phi) is 4.14. The zero-order valence-electron chi connectivity index (χ0n) is 14.2. The molecule has 0 amide bonds. The number of nitrogens with zero attached hydrogens (tertiary/aromatic N) is 3. The van der Waals surface area contributed by atoms with Gasteiger partial charge in [0, 0.05) is 24.5 Å². The van der Waals surface area contributed by atoms with Crippen LogP contribution in [-0.2, 0) is 5.97 Å². The number of ether oxygens (including phenoxy) is 1. The number of aromatic nitrogens is 3. The standard InChI is InChI=1S/C19H17N3O5/c23-11-13-15(24)4-1-5-16(13)27-19(25,26)14-3-2-8-20-18(14)22-10-9-21-17(22)12-6-7-12/h1-5,8-12,24-26H,6-7H2. The third-order valence-corrected chi connectivity index (χ3v) is 4.39. The first kappa shape index (κ1) is 17.2. The molecule has 3 N–H and O–H groups in total. The molecule has 3 aromatic rings. The number of phenols is 1. The number of carbonyl (C=O) groups is 1. The summed E-state index contributed by atoms with van der Waals surface area (Å²) in [5.74, 6) is -1.92. The van der Waals surface area contributed by atoms with Crippen molar-refractivity contribution in [3.8, 4) is 17.3 Å². The summed E-state index contributed by atoms with van der Waals surface area (Å²) in [6.07, 6.45) is 7.27. The number of rotatable bonds is 6. The zero-order valence-corrected chi connectivity index (χ0v) is 14.2. The van der Waals surface area contributed by atoms with E-state index in [1.54, 1.807) is 23.0 Å². The highest BCUT2D eigenvalue weighted by Crippen LogP contribution is 2.40. The van der Waals surface area contributed by atoms with E-state index in [-0.39, 0.29) is 28.4 Å². The van der Waals surface area contributed by atoms with Gasteiger partial charge in [-0.15, -0.1) is 0 Å². The summed E-state index contributed by atoms with van der Waals surface area (Å²) in [4.78, 5) is 19.8. The molecule has 0 saturated heterocycles. The molecule has 0 radical (unpaired) electrons. The van der Waals surface area contributed by atoms with Gasteiger partial charge in [0.15, 0.2) is 12.1 Å². The van der Waals surface area contributed by atoms with Crippen LogP contribution in [0, 0.1) is 0 Å². The molecule has 27 heavy (non-hydrogen) atoms. The lowest BCUT2D eigenvalue weighted by molar-refractivity contribution is -0.304. The summed E-state index contributed by atoms with van der Waals surface area (Å²) in [5, 5.41) is 31.0. The lowest BCUT2D eigenvalue weighted by Gasteiger charge is -2.25. The minimum absolute atomic E-state index is 0.0231. The molecule has 8 nitrogen and oxygen atoms in total. The molecule has 0 unspecified atom stereocenters. The average molecular weight is 367 g/mol. The first-order valence-electron chi connectivity index (χ1n) is 8.41. The molecule has 0 bridgehead atoms. The molecule has 8 heteroatoms. The number of hydrogen-bond acceptors (Lipinski definition) is 7. The minimum Gasteiger partial charge on any atom is -0.507 e. The first-order valence-corrected chi connectivity index (χ1v) is 8.41. The van der Waals surface area contributed by atoms with Crippen molar-refractivity contribution in [3.05, 3.63) is 65.9 Å². The highest BCUT2D eigenvalue weighted by atomic mass is 16.8. The summed E-state index contributed by atoms with van der Waals surface area (Å²) in [7, 11) is 0. The van der Waals surface area contributed by atoms with Crippen LogP contribution < -0.4 is 4.74 Å². The summed E-state index contributed by atoms with van der Waals surface area (Å²) in [5.41, 5.74) is -0.207. The van der Waals surface area contributed by atoms with E-state index in [0.717, 1.165) is 18.7 Å². The van der Waals surface area contributed by atoms with Crippen LogP contribution in [0.3, 0.4) is 0 Å². The fourth-order valence-corrected chi connectivity index (χ4v) is 2.93. The molecule has 1 aliphatic rings. The predicted octanol–water partition coefficient (Wildman–Crippen LogP) is 1.84. The van der Waals surface area contributed by atoms with Gasteiger partial charge in [-0.2, -0.15) is 0 Å². The van der Waals surface area contributed by atoms with Crippen LogP contribution in [0.1, 0.15) is 40.5 Å². The van der Waals surface area contributed by atoms with Gasteiger partial charge in [0.2, 0.25) is 0 Å². The van der Waals surface area contributed by atoms with Crippen LogP contribution in [0.25, 0.3) is 5.82 Å². The molecule has 1 aliphatic carbocycles. The van der Waals surface area contributed by atoms with E-state index in [2.05, 4.69) is 9.97 Å². The van der Waals surface area contributed by atoms with Crippen LogP contribution in [0.15, 0.2) is 48.9 Å². The maximum Gasteiger partial charge on any atom is 0.355 e. The van der Waals surface area contributed by atoms with Gasteiger partial charge in [0.1, 0.15) is 17.3 Å². The Morgan fingerprint density at radius 1 is 1.15 bits per heavy atom. The Hall–Kier alpha value is -3.23. The quantitative estimate of drug-likeness (QED) is 0.449. The Labute approximate surface area is 154 Å². The number of benzene rings is 1. The van der Waals surface area contributed by atoms with Gasteiger partial charge < -0.3 is 20.1 Å². The molecule has 2 aromatic heterocycles. The smallest absolute Gasteiger partial charge is 0.355 e. The Morgan fingerprint density at radius 3 is 2.70 bits per heavy atom. The average Bonchev–Trinajstić information content (AvgIpc) is 3.38. The van der Waals surface area contributed by atoms with E-state index in [0.29, 0.717) is 12.2 Å². The van der Waals surface area contributed by atoms with Crippen molar-refractivity contribution in [1.82, 2.24) is 14.5 Å². The second-order valence-corrected chi connectivity index (χ2v) is 6.32. The minimum atomic E-state index is -2.79. The third kappa shape index (κ3) is 3.16. The van der Waals surface area contributed by atoms with Crippen LogP contribution in [0.5, 0.6) is 11.5 Å². The Morgan fingerprint density at radius 2 is 1.96 bits per heavy atom. The molecule has 2 heterocycles. The lowest BCUT2D eigenvalue weighted by Crippen LogP contribution is -2.34. The highest BCUT2D eigenvalue weighted by molar-refractivity contribution is 5.83. The molecule has 1 fully saturated rings. The predicted molar refractivity (Wildman–Crippen MR) is 93.6 cm³/mol. The van der Waals surface area contributed by atoms with Crippen molar-refractivity contribution in [3.63, 3.8) is 0 Å². The van der Waals surface area contributed by atoms with Crippen molar-refractivity contribution in [1.29, 1.82) is 0 Å². The Bertz CT molecular complexity index is 995. The molecule has 1 saturated carbocycles. The van der Waals surface area contributed by atoms with Crippen LogP contribution in [0.2, 0.25) is 0 Å². The molecular weight excluding hydrogens is 350 g/mol. The van der Waals surface area contributed by atoms with Gasteiger partial charge in [-0.3, -0.25) is 9.36 Å². The van der Waals surface area contributed by atoms with Gasteiger partial charge in [-0.1, -0.05) is 6.07 Å². The van der Waals surface area contributed by atoms with Gasteiger partial charge in [-0.05, 0) is 37.1 Å². The summed E-state index contributed by atoms with van der Waals surface area (Å²) >= 11 is 0. The molecule has 1 aromatic carbocycles. The second kappa shape index (κ2) is 6.49. The molecule has 0 atom stereocenters. The fraction of sp³-hybridized carbons (Fsp3) is 0.211. The third-order valence-electron chi connectivity index (χ3n) is 4.39. The topological polar surface area (TPSA) is 118 Å². The summed E-state index contributed by atoms with van der Waals surface area (Å²) in [6.45, 7) is 0. The van der Waals surface area contributed by atoms with E-state index in [1.807, 2.05) is 0 Å². The summed E-state index contributed by atoms with van der Waals surface area (Å²) < 4.78 is 6.99. The second-order valence-electron chi connectivity index (χ2n) is 6.32. The van der Waals surface area contributed by atoms with Crippen molar-refractivity contribution >= 4 is 6.29 Å². The number of hydrogen-bond donors (Lipinski definition) is 3. The lowest BCUT2D eigenvalue weighted by atomic mass is 10.1. The maximum atomic E-state index is 11.2. The zero-order chi connectivity index (χ0) is 19.0. The number of aromatic hydroxyl groups is 1.